The number of nitrogens with zero attached hydrogens (tertiary/aromatic N) is 2. The lowest BCUT2D eigenvalue weighted by molar-refractivity contribution is 0.559. The molecule has 1 aromatic heterocycles. The van der Waals surface area contributed by atoms with E-state index < -0.39 is 0 Å². The third-order valence-corrected chi connectivity index (χ3v) is 3.67. The van der Waals surface area contributed by atoms with Crippen LogP contribution in [0.15, 0.2) is 28.7 Å². The van der Waals surface area contributed by atoms with E-state index in [4.69, 9.17) is 5.73 Å². The molecule has 0 unspecified atom stereocenters. The Hall–Kier alpha value is -1.49. The molecule has 1 heterocycles. The van der Waals surface area contributed by atoms with Gasteiger partial charge in [0.2, 0.25) is 0 Å². The molecule has 0 radical (unpaired) electrons. The highest BCUT2D eigenvalue weighted by Crippen LogP contribution is 2.31. The third-order valence-electron chi connectivity index (χ3n) is 2.88. The van der Waals surface area contributed by atoms with Crippen molar-refractivity contribution in [3.8, 4) is 0 Å². The van der Waals surface area contributed by atoms with Gasteiger partial charge in [0.15, 0.2) is 0 Å². The Morgan fingerprint density at radius 2 is 1.95 bits per heavy atom. The number of anilines is 1. The van der Waals surface area contributed by atoms with Crippen molar-refractivity contribution in [2.75, 3.05) is 5.73 Å². The van der Waals surface area contributed by atoms with Gasteiger partial charge in [0.05, 0.1) is 10.2 Å². The lowest BCUT2D eigenvalue weighted by Gasteiger charge is -2.20. The highest BCUT2D eigenvalue weighted by atomic mass is 79.9. The Kier molecular flexibility index (Phi) is 4.09. The molecule has 0 atom stereocenters. The van der Waals surface area contributed by atoms with E-state index in [1.54, 1.807) is 6.07 Å². The second-order valence-electron chi connectivity index (χ2n) is 5.74. The summed E-state index contributed by atoms with van der Waals surface area (Å²) in [4.78, 5) is 8.84. The van der Waals surface area contributed by atoms with E-state index in [9.17, 15) is 4.39 Å². The van der Waals surface area contributed by atoms with Gasteiger partial charge in [-0.2, -0.15) is 0 Å². The van der Waals surface area contributed by atoms with E-state index in [-0.39, 0.29) is 11.2 Å². The number of hydrogen-bond acceptors (Lipinski definition) is 3. The molecule has 0 saturated carbocycles. The first-order valence-corrected chi connectivity index (χ1v) is 7.13. The second kappa shape index (κ2) is 5.48. The molecule has 0 aliphatic heterocycles. The largest absolute Gasteiger partial charge is 0.383 e. The number of nitrogen functional groups attached to an aromatic ring is 1. The van der Waals surface area contributed by atoms with Crippen LogP contribution in [-0.4, -0.2) is 9.97 Å². The summed E-state index contributed by atoms with van der Waals surface area (Å²) in [6, 6.07) is 6.43. The van der Waals surface area contributed by atoms with E-state index >= 15 is 0 Å². The van der Waals surface area contributed by atoms with Crippen molar-refractivity contribution >= 4 is 21.7 Å². The Labute approximate surface area is 126 Å². The number of nitrogens with two attached hydrogens (primary N) is 1. The molecule has 0 bridgehead atoms. The summed E-state index contributed by atoms with van der Waals surface area (Å²) in [5.41, 5.74) is 7.47. The number of aromatic nitrogens is 2. The predicted molar refractivity (Wildman–Crippen MR) is 82.1 cm³/mol. The van der Waals surface area contributed by atoms with Gasteiger partial charge in [-0.1, -0.05) is 32.9 Å². The summed E-state index contributed by atoms with van der Waals surface area (Å²) in [5, 5.41) is 0. The zero-order valence-electron chi connectivity index (χ0n) is 11.7. The normalized spacial score (nSPS) is 11.7. The van der Waals surface area contributed by atoms with Crippen molar-refractivity contribution in [1.29, 1.82) is 0 Å². The molecule has 2 N–H and O–H groups in total. The molecular weight excluding hydrogens is 321 g/mol. The first-order chi connectivity index (χ1) is 9.27. The Morgan fingerprint density at radius 3 is 2.55 bits per heavy atom. The van der Waals surface area contributed by atoms with E-state index in [0.717, 1.165) is 15.7 Å². The van der Waals surface area contributed by atoms with Gasteiger partial charge in [-0.15, -0.1) is 0 Å². The maximum absolute atomic E-state index is 13.2. The lowest BCUT2D eigenvalue weighted by Crippen LogP contribution is -2.18. The standard InChI is InChI=1S/C15H17BrFN3/c1-15(2,3)13-12(16)14(18)20-11(19-13)8-9-5-4-6-10(17)7-9/h4-7H,8H2,1-3H3,(H2,18,19,20). The molecule has 0 aliphatic rings. The average Bonchev–Trinajstić information content (AvgIpc) is 2.32. The molecule has 1 aromatic carbocycles. The second-order valence-corrected chi connectivity index (χ2v) is 6.54. The highest BCUT2D eigenvalue weighted by molar-refractivity contribution is 9.10. The Bertz CT molecular complexity index is 636. The van der Waals surface area contributed by atoms with Gasteiger partial charge >= 0.3 is 0 Å². The molecule has 5 heteroatoms. The maximum Gasteiger partial charge on any atom is 0.141 e. The van der Waals surface area contributed by atoms with Crippen LogP contribution in [0.25, 0.3) is 0 Å². The van der Waals surface area contributed by atoms with Crippen LogP contribution < -0.4 is 5.73 Å². The van der Waals surface area contributed by atoms with Crippen LogP contribution in [0.4, 0.5) is 10.2 Å². The minimum atomic E-state index is -0.261. The van der Waals surface area contributed by atoms with E-state index in [2.05, 4.69) is 46.7 Å². The molecule has 3 nitrogen and oxygen atoms in total. The zero-order chi connectivity index (χ0) is 14.9. The van der Waals surface area contributed by atoms with E-state index in [0.29, 0.717) is 18.1 Å². The summed E-state index contributed by atoms with van der Waals surface area (Å²) in [5.74, 6) is 0.751. The molecule has 2 rings (SSSR count). The molecule has 0 saturated heterocycles. The molecule has 106 valence electrons. The summed E-state index contributed by atoms with van der Waals surface area (Å²) in [7, 11) is 0. The van der Waals surface area contributed by atoms with Crippen LogP contribution in [0.3, 0.4) is 0 Å². The molecule has 0 amide bonds. The van der Waals surface area contributed by atoms with Crippen molar-refractivity contribution in [1.82, 2.24) is 9.97 Å². The smallest absolute Gasteiger partial charge is 0.141 e. The first kappa shape index (κ1) is 14.9. The minimum Gasteiger partial charge on any atom is -0.383 e. The van der Waals surface area contributed by atoms with Gasteiger partial charge < -0.3 is 5.73 Å². The van der Waals surface area contributed by atoms with Gasteiger partial charge in [0, 0.05) is 11.8 Å². The Morgan fingerprint density at radius 1 is 1.25 bits per heavy atom. The lowest BCUT2D eigenvalue weighted by atomic mass is 9.92. The number of halogens is 2. The fraction of sp³-hybridized carbons (Fsp3) is 0.333. The van der Waals surface area contributed by atoms with Crippen LogP contribution in [-0.2, 0) is 11.8 Å². The average molecular weight is 338 g/mol. The molecule has 20 heavy (non-hydrogen) atoms. The first-order valence-electron chi connectivity index (χ1n) is 6.34. The van der Waals surface area contributed by atoms with Crippen LogP contribution in [0, 0.1) is 5.82 Å². The maximum atomic E-state index is 13.2. The van der Waals surface area contributed by atoms with Crippen LogP contribution in [0.2, 0.25) is 0 Å². The van der Waals surface area contributed by atoms with Crippen molar-refractivity contribution in [3.63, 3.8) is 0 Å². The molecule has 0 fully saturated rings. The Balaban J connectivity index is 2.41. The van der Waals surface area contributed by atoms with Crippen molar-refractivity contribution < 1.29 is 4.39 Å². The minimum absolute atomic E-state index is 0.146. The quantitative estimate of drug-likeness (QED) is 0.905. The van der Waals surface area contributed by atoms with E-state index in [1.165, 1.54) is 12.1 Å². The SMILES string of the molecule is CC(C)(C)c1nc(Cc2cccc(F)c2)nc(N)c1Br. The van der Waals surface area contributed by atoms with Gasteiger partial charge in [0.25, 0.3) is 0 Å². The number of rotatable bonds is 2. The monoisotopic (exact) mass is 337 g/mol. The number of benzene rings is 1. The van der Waals surface area contributed by atoms with E-state index in [1.807, 2.05) is 6.07 Å². The van der Waals surface area contributed by atoms with Gasteiger partial charge in [-0.25, -0.2) is 14.4 Å². The predicted octanol–water partition coefficient (Wildman–Crippen LogP) is 3.85. The van der Waals surface area contributed by atoms with Gasteiger partial charge in [-0.3, -0.25) is 0 Å². The molecule has 0 aliphatic carbocycles. The summed E-state index contributed by atoms with van der Waals surface area (Å²) in [6.07, 6.45) is 0.457. The van der Waals surface area contributed by atoms with Crippen molar-refractivity contribution in [3.05, 3.63) is 51.6 Å². The summed E-state index contributed by atoms with van der Waals surface area (Å²) >= 11 is 3.44. The third kappa shape index (κ3) is 3.33. The van der Waals surface area contributed by atoms with Crippen LogP contribution in [0.1, 0.15) is 37.9 Å². The number of hydrogen-bond donors (Lipinski definition) is 1. The topological polar surface area (TPSA) is 51.8 Å². The zero-order valence-corrected chi connectivity index (χ0v) is 13.3. The van der Waals surface area contributed by atoms with Crippen LogP contribution >= 0.6 is 15.9 Å². The summed E-state index contributed by atoms with van der Waals surface area (Å²) < 4.78 is 13.9. The highest BCUT2D eigenvalue weighted by Gasteiger charge is 2.22. The van der Waals surface area contributed by atoms with Crippen molar-refractivity contribution in [2.45, 2.75) is 32.6 Å². The molecular formula is C15H17BrFN3. The molecule has 0 spiro atoms. The fourth-order valence-electron chi connectivity index (χ4n) is 1.92. The summed E-state index contributed by atoms with van der Waals surface area (Å²) in [6.45, 7) is 6.18. The van der Waals surface area contributed by atoms with Gasteiger partial charge in [-0.05, 0) is 33.6 Å². The fourth-order valence-corrected chi connectivity index (χ4v) is 2.69. The molecule has 2 aromatic rings. The van der Waals surface area contributed by atoms with Crippen molar-refractivity contribution in [2.24, 2.45) is 0 Å². The van der Waals surface area contributed by atoms with Gasteiger partial charge in [0.1, 0.15) is 17.5 Å². The van der Waals surface area contributed by atoms with Crippen LogP contribution in [0.5, 0.6) is 0 Å².